The number of Topliss-reactive ketones (excluding diaryl/α,β-unsaturated/α-hetero) is 1. The van der Waals surface area contributed by atoms with Gasteiger partial charge >= 0.3 is 12.1 Å². The highest BCUT2D eigenvalue weighted by molar-refractivity contribution is 6.30. The molecular weight excluding hydrogens is 477 g/mol. The number of nitrogens with one attached hydrogen (secondary N) is 1. The highest BCUT2D eigenvalue weighted by Gasteiger charge is 2.46. The zero-order valence-corrected chi connectivity index (χ0v) is 19.7. The number of hydrogen-bond acceptors (Lipinski definition) is 5. The Kier molecular flexibility index (Phi) is 7.06. The van der Waals surface area contributed by atoms with Gasteiger partial charge in [0.15, 0.2) is 5.78 Å². The molecule has 4 rings (SSSR count). The molecule has 11 heteroatoms. The van der Waals surface area contributed by atoms with E-state index in [2.05, 4.69) is 5.32 Å². The van der Waals surface area contributed by atoms with Crippen molar-refractivity contribution in [3.8, 4) is 0 Å². The molecule has 1 aliphatic heterocycles. The molecule has 1 saturated heterocycles. The number of nitrogens with zero attached hydrogens (tertiary/aromatic N) is 2. The average molecular weight is 502 g/mol. The quantitative estimate of drug-likeness (QED) is 0.477. The molecule has 1 aromatic heterocycles. The molecule has 0 saturated carbocycles. The van der Waals surface area contributed by atoms with Gasteiger partial charge in [-0.25, -0.2) is 14.0 Å². The number of benzene rings is 2. The van der Waals surface area contributed by atoms with E-state index < -0.39 is 36.1 Å². The predicted octanol–water partition coefficient (Wildman–Crippen LogP) is 3.12. The first-order valence-corrected chi connectivity index (χ1v) is 11.3. The fourth-order valence-electron chi connectivity index (χ4n) is 4.52. The van der Waals surface area contributed by atoms with Crippen LogP contribution in [0.5, 0.6) is 0 Å². The molecule has 0 spiro atoms. The summed E-state index contributed by atoms with van der Waals surface area (Å²) in [5, 5.41) is 3.34. The maximum Gasteiger partial charge on any atom is 0.323 e. The van der Waals surface area contributed by atoms with Crippen molar-refractivity contribution in [1.82, 2.24) is 9.47 Å². The number of primary amides is 1. The maximum atomic E-state index is 14.3. The SMILES string of the molecule is CO[C@H]1[C@H](N)CN(C(=O)Nc2cn(C(N)=O)c3ccccc23)[C@@H]1C(=O)CCc1cccc(Cl)c1F. The Labute approximate surface area is 205 Å². The first-order valence-electron chi connectivity index (χ1n) is 10.9. The van der Waals surface area contributed by atoms with E-state index in [1.54, 1.807) is 36.4 Å². The van der Waals surface area contributed by atoms with Crippen molar-refractivity contribution in [2.24, 2.45) is 11.5 Å². The van der Waals surface area contributed by atoms with Gasteiger partial charge in [-0.15, -0.1) is 0 Å². The predicted molar refractivity (Wildman–Crippen MR) is 130 cm³/mol. The summed E-state index contributed by atoms with van der Waals surface area (Å²) in [6.45, 7) is 0.0702. The van der Waals surface area contributed by atoms with E-state index in [9.17, 15) is 18.8 Å². The van der Waals surface area contributed by atoms with E-state index in [-0.39, 0.29) is 30.2 Å². The molecule has 2 aromatic carbocycles. The number of rotatable bonds is 6. The smallest absolute Gasteiger partial charge is 0.323 e. The molecule has 2 heterocycles. The Hall–Kier alpha value is -3.47. The van der Waals surface area contributed by atoms with Crippen LogP contribution in [0.25, 0.3) is 10.9 Å². The van der Waals surface area contributed by atoms with Gasteiger partial charge in [0.25, 0.3) is 0 Å². The number of aromatic nitrogens is 1. The molecule has 5 N–H and O–H groups in total. The number of likely N-dealkylation sites (tertiary alicyclic amines) is 1. The third-order valence-corrected chi connectivity index (χ3v) is 6.49. The van der Waals surface area contributed by atoms with Crippen LogP contribution in [0.4, 0.5) is 19.7 Å². The summed E-state index contributed by atoms with van der Waals surface area (Å²) in [7, 11) is 1.42. The number of ketones is 1. The summed E-state index contributed by atoms with van der Waals surface area (Å²) in [5.41, 5.74) is 12.8. The Bertz CT molecular complexity index is 1300. The standard InChI is InChI=1S/C24H25ClFN5O4/c1-35-22-16(27)11-31(21(22)19(32)10-9-13-5-4-7-15(25)20(13)26)24(34)29-17-12-30(23(28)33)18-8-3-2-6-14(17)18/h2-8,12,16,21-22H,9-11,27H2,1H3,(H2,28,33)(H,29,34)/t16-,21-,22+/m1/s1. The third-order valence-electron chi connectivity index (χ3n) is 6.20. The molecule has 1 aliphatic rings. The summed E-state index contributed by atoms with van der Waals surface area (Å²) in [6, 6.07) is 8.68. The van der Waals surface area contributed by atoms with Crippen LogP contribution in [0.1, 0.15) is 12.0 Å². The van der Waals surface area contributed by atoms with Crippen LogP contribution in [0.2, 0.25) is 5.02 Å². The fraction of sp³-hybridized carbons (Fsp3) is 0.292. The second kappa shape index (κ2) is 10.0. The van der Waals surface area contributed by atoms with E-state index in [0.29, 0.717) is 22.2 Å². The number of para-hydroxylation sites is 1. The first-order chi connectivity index (χ1) is 16.7. The Morgan fingerprint density at radius 3 is 2.66 bits per heavy atom. The molecule has 3 amide bonds. The van der Waals surface area contributed by atoms with Crippen LogP contribution in [0.15, 0.2) is 48.7 Å². The highest BCUT2D eigenvalue weighted by Crippen LogP contribution is 2.28. The molecule has 3 aromatic rings. The number of carbonyl (C=O) groups is 3. The topological polar surface area (TPSA) is 133 Å². The van der Waals surface area contributed by atoms with Crippen molar-refractivity contribution in [2.75, 3.05) is 19.0 Å². The number of urea groups is 1. The Morgan fingerprint density at radius 2 is 1.94 bits per heavy atom. The van der Waals surface area contributed by atoms with Gasteiger partial charge in [0.2, 0.25) is 0 Å². The lowest BCUT2D eigenvalue weighted by molar-refractivity contribution is -0.125. The third kappa shape index (κ3) is 4.72. The van der Waals surface area contributed by atoms with E-state index >= 15 is 0 Å². The number of methoxy groups -OCH3 is 1. The lowest BCUT2D eigenvalue weighted by Gasteiger charge is -2.26. The number of hydrogen-bond donors (Lipinski definition) is 3. The second-order valence-corrected chi connectivity index (χ2v) is 8.75. The normalized spacial score (nSPS) is 19.8. The highest BCUT2D eigenvalue weighted by atomic mass is 35.5. The van der Waals surface area contributed by atoms with Gasteiger partial charge in [0.1, 0.15) is 18.0 Å². The van der Waals surface area contributed by atoms with Gasteiger partial charge in [-0.3, -0.25) is 9.36 Å². The molecule has 9 nitrogen and oxygen atoms in total. The molecule has 3 atom stereocenters. The van der Waals surface area contributed by atoms with Crippen molar-refractivity contribution >= 4 is 46.0 Å². The zero-order valence-electron chi connectivity index (χ0n) is 18.9. The minimum absolute atomic E-state index is 0.0243. The largest absolute Gasteiger partial charge is 0.377 e. The Balaban J connectivity index is 1.56. The molecule has 1 fully saturated rings. The number of nitrogens with two attached hydrogens (primary N) is 2. The van der Waals surface area contributed by atoms with Crippen LogP contribution in [-0.2, 0) is 16.0 Å². The van der Waals surface area contributed by atoms with Crippen LogP contribution >= 0.6 is 11.6 Å². The van der Waals surface area contributed by atoms with Gasteiger partial charge in [-0.05, 0) is 24.1 Å². The first kappa shape index (κ1) is 24.6. The number of anilines is 1. The average Bonchev–Trinajstić information content (AvgIpc) is 3.37. The number of carbonyl (C=O) groups excluding carboxylic acids is 3. The van der Waals surface area contributed by atoms with Gasteiger partial charge in [0, 0.05) is 31.7 Å². The van der Waals surface area contributed by atoms with Crippen molar-refractivity contribution < 1.29 is 23.5 Å². The number of amides is 3. The minimum Gasteiger partial charge on any atom is -0.377 e. The maximum absolute atomic E-state index is 14.3. The fourth-order valence-corrected chi connectivity index (χ4v) is 4.72. The van der Waals surface area contributed by atoms with Crippen molar-refractivity contribution in [1.29, 1.82) is 0 Å². The summed E-state index contributed by atoms with van der Waals surface area (Å²) in [6.07, 6.45) is 0.756. The second-order valence-electron chi connectivity index (χ2n) is 8.34. The molecule has 0 unspecified atom stereocenters. The van der Waals surface area contributed by atoms with E-state index in [1.165, 1.54) is 28.8 Å². The summed E-state index contributed by atoms with van der Waals surface area (Å²) < 4.78 is 21.0. The van der Waals surface area contributed by atoms with Gasteiger partial charge < -0.3 is 26.4 Å². The summed E-state index contributed by atoms with van der Waals surface area (Å²) in [4.78, 5) is 39.6. The zero-order chi connectivity index (χ0) is 25.3. The van der Waals surface area contributed by atoms with Gasteiger partial charge in [-0.1, -0.05) is 41.9 Å². The number of aryl methyl sites for hydroxylation is 1. The summed E-state index contributed by atoms with van der Waals surface area (Å²) in [5.74, 6) is -0.896. The van der Waals surface area contributed by atoms with Gasteiger partial charge in [0.05, 0.1) is 22.3 Å². The van der Waals surface area contributed by atoms with E-state index in [0.717, 1.165) is 0 Å². The monoisotopic (exact) mass is 501 g/mol. The molecule has 0 aliphatic carbocycles. The number of fused-ring (bicyclic) bond motifs is 1. The number of halogens is 2. The molecule has 0 bridgehead atoms. The van der Waals surface area contributed by atoms with Crippen LogP contribution < -0.4 is 16.8 Å². The lowest BCUT2D eigenvalue weighted by atomic mass is 9.99. The number of ether oxygens (including phenoxy) is 1. The molecule has 0 radical (unpaired) electrons. The van der Waals surface area contributed by atoms with Crippen molar-refractivity contribution in [2.45, 2.75) is 31.0 Å². The van der Waals surface area contributed by atoms with Gasteiger partial charge in [-0.2, -0.15) is 0 Å². The van der Waals surface area contributed by atoms with Crippen molar-refractivity contribution in [3.63, 3.8) is 0 Å². The van der Waals surface area contributed by atoms with E-state index in [4.69, 9.17) is 27.8 Å². The van der Waals surface area contributed by atoms with Crippen molar-refractivity contribution in [3.05, 3.63) is 65.1 Å². The molecule has 35 heavy (non-hydrogen) atoms. The molecular formula is C24H25ClFN5O4. The van der Waals surface area contributed by atoms with Crippen LogP contribution in [-0.4, -0.2) is 59.2 Å². The van der Waals surface area contributed by atoms with E-state index in [1.807, 2.05) is 0 Å². The Morgan fingerprint density at radius 1 is 1.20 bits per heavy atom. The van der Waals surface area contributed by atoms with Crippen LogP contribution in [0, 0.1) is 5.82 Å². The summed E-state index contributed by atoms with van der Waals surface area (Å²) >= 11 is 5.84. The minimum atomic E-state index is -0.971. The lowest BCUT2D eigenvalue weighted by Crippen LogP contribution is -2.48. The van der Waals surface area contributed by atoms with Crippen LogP contribution in [0.3, 0.4) is 0 Å². The molecule has 184 valence electrons.